The summed E-state index contributed by atoms with van der Waals surface area (Å²) in [7, 11) is -3.99. The topological polar surface area (TPSA) is 118 Å². The van der Waals surface area contributed by atoms with Crippen molar-refractivity contribution < 1.29 is 22.8 Å². The average Bonchev–Trinajstić information content (AvgIpc) is 3.15. The van der Waals surface area contributed by atoms with E-state index >= 15 is 0 Å². The summed E-state index contributed by atoms with van der Waals surface area (Å²) in [5.74, 6) is -1.78. The Balaban J connectivity index is 1.81. The van der Waals surface area contributed by atoms with Gasteiger partial charge in [-0.1, -0.05) is 18.2 Å². The van der Waals surface area contributed by atoms with Crippen LogP contribution in [0.5, 0.6) is 0 Å². The summed E-state index contributed by atoms with van der Waals surface area (Å²) in [5, 5.41) is 5.64. The fourth-order valence-corrected chi connectivity index (χ4v) is 5.07. The van der Waals surface area contributed by atoms with Crippen LogP contribution < -0.4 is 10.6 Å². The van der Waals surface area contributed by atoms with E-state index in [1.807, 2.05) is 13.8 Å². The van der Waals surface area contributed by atoms with Gasteiger partial charge in [-0.05, 0) is 44.2 Å². The molecule has 0 aliphatic carbocycles. The summed E-state index contributed by atoms with van der Waals surface area (Å²) < 4.78 is 27.9. The molecule has 180 valence electrons. The van der Waals surface area contributed by atoms with Crippen LogP contribution in [0.25, 0.3) is 10.9 Å². The van der Waals surface area contributed by atoms with E-state index in [9.17, 15) is 22.8 Å². The molecular weight excluding hydrogens is 456 g/mol. The zero-order valence-electron chi connectivity index (χ0n) is 19.4. The molecule has 10 heteroatoms. The third kappa shape index (κ3) is 5.82. The number of nitrogens with zero attached hydrogens (tertiary/aromatic N) is 2. The first-order valence-electron chi connectivity index (χ1n) is 10.9. The molecule has 0 aliphatic heterocycles. The molecule has 0 unspecified atom stereocenters. The summed E-state index contributed by atoms with van der Waals surface area (Å²) in [5.41, 5.74) is 1.57. The number of carbonyl (C=O) groups is 3. The maximum absolute atomic E-state index is 13.2. The fraction of sp³-hybridized carbons (Fsp3) is 0.292. The number of anilines is 2. The van der Waals surface area contributed by atoms with E-state index in [2.05, 4.69) is 10.6 Å². The lowest BCUT2D eigenvalue weighted by Crippen LogP contribution is -2.33. The molecule has 3 amide bonds. The number of benzene rings is 2. The molecule has 0 aliphatic rings. The van der Waals surface area contributed by atoms with Crippen molar-refractivity contribution in [1.82, 2.24) is 9.47 Å². The monoisotopic (exact) mass is 484 g/mol. The minimum atomic E-state index is -3.99. The standard InChI is InChI=1S/C24H28N4O5S/c1-4-27(5-2)24(31)15-28-14-22(20-8-6-7-9-21(20)28)34(32,33)16-23(30)26-19-12-10-18(11-13-19)25-17(3)29/h6-14H,4-5,15-16H2,1-3H3,(H,25,29)(H,26,30). The maximum atomic E-state index is 13.2. The van der Waals surface area contributed by atoms with Gasteiger partial charge in [0.15, 0.2) is 9.84 Å². The van der Waals surface area contributed by atoms with E-state index in [-0.39, 0.29) is 23.3 Å². The van der Waals surface area contributed by atoms with Gasteiger partial charge in [-0.15, -0.1) is 0 Å². The van der Waals surface area contributed by atoms with Crippen molar-refractivity contribution in [2.45, 2.75) is 32.2 Å². The zero-order valence-corrected chi connectivity index (χ0v) is 20.2. The molecule has 3 aromatic rings. The Morgan fingerprint density at radius 1 is 0.912 bits per heavy atom. The number of aromatic nitrogens is 1. The van der Waals surface area contributed by atoms with Gasteiger partial charge in [-0.2, -0.15) is 0 Å². The van der Waals surface area contributed by atoms with Gasteiger partial charge in [-0.3, -0.25) is 14.4 Å². The van der Waals surface area contributed by atoms with Crippen molar-refractivity contribution in [3.8, 4) is 0 Å². The van der Waals surface area contributed by atoms with Crippen LogP contribution in [-0.2, 0) is 30.8 Å². The number of amides is 3. The van der Waals surface area contributed by atoms with Crippen molar-refractivity contribution in [2.24, 2.45) is 0 Å². The minimum Gasteiger partial charge on any atom is -0.342 e. The number of hydrogen-bond acceptors (Lipinski definition) is 5. The first-order chi connectivity index (χ1) is 16.1. The molecule has 0 fully saturated rings. The molecule has 0 atom stereocenters. The van der Waals surface area contributed by atoms with Crippen LogP contribution in [0.3, 0.4) is 0 Å². The Morgan fingerprint density at radius 2 is 1.50 bits per heavy atom. The quantitative estimate of drug-likeness (QED) is 0.484. The van der Waals surface area contributed by atoms with Crippen molar-refractivity contribution in [1.29, 1.82) is 0 Å². The van der Waals surface area contributed by atoms with Crippen molar-refractivity contribution in [2.75, 3.05) is 29.5 Å². The van der Waals surface area contributed by atoms with Crippen molar-refractivity contribution >= 4 is 49.8 Å². The normalized spacial score (nSPS) is 11.3. The Kier molecular flexibility index (Phi) is 7.72. The summed E-state index contributed by atoms with van der Waals surface area (Å²) in [4.78, 5) is 37.9. The van der Waals surface area contributed by atoms with Gasteiger partial charge in [-0.25, -0.2) is 8.42 Å². The van der Waals surface area contributed by atoms with Gasteiger partial charge < -0.3 is 20.1 Å². The molecule has 1 aromatic heterocycles. The van der Waals surface area contributed by atoms with E-state index in [1.165, 1.54) is 13.1 Å². The smallest absolute Gasteiger partial charge is 0.242 e. The Hall–Kier alpha value is -3.66. The highest BCUT2D eigenvalue weighted by Crippen LogP contribution is 2.27. The molecule has 1 heterocycles. The predicted octanol–water partition coefficient (Wildman–Crippen LogP) is 2.88. The van der Waals surface area contributed by atoms with Gasteiger partial charge in [0, 0.05) is 48.5 Å². The summed E-state index contributed by atoms with van der Waals surface area (Å²) in [6.45, 7) is 6.28. The summed E-state index contributed by atoms with van der Waals surface area (Å²) in [6, 6.07) is 13.3. The number of likely N-dealkylation sites (N-methyl/N-ethyl adjacent to an activating group) is 1. The van der Waals surface area contributed by atoms with Gasteiger partial charge >= 0.3 is 0 Å². The van der Waals surface area contributed by atoms with Crippen LogP contribution in [0.4, 0.5) is 11.4 Å². The third-order valence-corrected chi connectivity index (χ3v) is 6.96. The molecule has 3 rings (SSSR count). The molecule has 0 bridgehead atoms. The zero-order chi connectivity index (χ0) is 24.9. The van der Waals surface area contributed by atoms with Gasteiger partial charge in [0.25, 0.3) is 0 Å². The van der Waals surface area contributed by atoms with Gasteiger partial charge in [0.05, 0.1) is 4.90 Å². The highest BCUT2D eigenvalue weighted by atomic mass is 32.2. The van der Waals surface area contributed by atoms with Gasteiger partial charge in [0.2, 0.25) is 17.7 Å². The lowest BCUT2D eigenvalue weighted by Gasteiger charge is -2.19. The van der Waals surface area contributed by atoms with E-state index in [0.29, 0.717) is 35.4 Å². The summed E-state index contributed by atoms with van der Waals surface area (Å²) >= 11 is 0. The van der Waals surface area contributed by atoms with Crippen LogP contribution >= 0.6 is 0 Å². The molecule has 2 N–H and O–H groups in total. The minimum absolute atomic E-state index is 0.00452. The van der Waals surface area contributed by atoms with E-state index < -0.39 is 21.5 Å². The number of carbonyl (C=O) groups excluding carboxylic acids is 3. The molecule has 0 saturated carbocycles. The SMILES string of the molecule is CCN(CC)C(=O)Cn1cc(S(=O)(=O)CC(=O)Nc2ccc(NC(C)=O)cc2)c2ccccc21. The number of rotatable bonds is 9. The van der Waals surface area contributed by atoms with E-state index in [4.69, 9.17) is 0 Å². The molecule has 0 saturated heterocycles. The average molecular weight is 485 g/mol. The number of fused-ring (bicyclic) bond motifs is 1. The molecule has 9 nitrogen and oxygen atoms in total. The molecule has 0 spiro atoms. The second kappa shape index (κ2) is 10.5. The van der Waals surface area contributed by atoms with E-state index in [0.717, 1.165) is 0 Å². The fourth-order valence-electron chi connectivity index (χ4n) is 3.70. The Labute approximate surface area is 198 Å². The highest BCUT2D eigenvalue weighted by molar-refractivity contribution is 7.92. The second-order valence-electron chi connectivity index (χ2n) is 7.77. The molecular formula is C24H28N4O5S. The van der Waals surface area contributed by atoms with Crippen LogP contribution in [-0.4, -0.2) is 54.4 Å². The van der Waals surface area contributed by atoms with Gasteiger partial charge in [0.1, 0.15) is 12.3 Å². The van der Waals surface area contributed by atoms with Crippen LogP contribution in [0.2, 0.25) is 0 Å². The Morgan fingerprint density at radius 3 is 2.09 bits per heavy atom. The third-order valence-electron chi connectivity index (χ3n) is 5.32. The van der Waals surface area contributed by atoms with E-state index in [1.54, 1.807) is 58.0 Å². The highest BCUT2D eigenvalue weighted by Gasteiger charge is 2.25. The van der Waals surface area contributed by atoms with Crippen LogP contribution in [0.1, 0.15) is 20.8 Å². The van der Waals surface area contributed by atoms with Crippen LogP contribution in [0, 0.1) is 0 Å². The molecule has 2 aromatic carbocycles. The molecule has 0 radical (unpaired) electrons. The Bertz CT molecular complexity index is 1310. The number of hydrogen-bond donors (Lipinski definition) is 2. The lowest BCUT2D eigenvalue weighted by atomic mass is 10.2. The van der Waals surface area contributed by atoms with Crippen molar-refractivity contribution in [3.05, 3.63) is 54.7 Å². The maximum Gasteiger partial charge on any atom is 0.242 e. The summed E-state index contributed by atoms with van der Waals surface area (Å²) in [6.07, 6.45) is 1.43. The second-order valence-corrected chi connectivity index (χ2v) is 9.73. The first-order valence-corrected chi connectivity index (χ1v) is 12.6. The number of sulfone groups is 1. The molecule has 34 heavy (non-hydrogen) atoms. The largest absolute Gasteiger partial charge is 0.342 e. The van der Waals surface area contributed by atoms with Crippen molar-refractivity contribution in [3.63, 3.8) is 0 Å². The predicted molar refractivity (Wildman–Crippen MR) is 131 cm³/mol. The van der Waals surface area contributed by atoms with Crippen LogP contribution in [0.15, 0.2) is 59.6 Å². The lowest BCUT2D eigenvalue weighted by molar-refractivity contribution is -0.131. The number of para-hydroxylation sites is 1. The number of nitrogens with one attached hydrogen (secondary N) is 2. The first kappa shape index (κ1) is 25.0.